The summed E-state index contributed by atoms with van der Waals surface area (Å²) in [6.45, 7) is 1.12. The van der Waals surface area contributed by atoms with Crippen LogP contribution in [0, 0.1) is 0 Å². The lowest BCUT2D eigenvalue weighted by atomic mass is 10.0. The maximum atomic E-state index is 10.9. The molecule has 1 atom stereocenters. The fourth-order valence-corrected chi connectivity index (χ4v) is 3.09. The summed E-state index contributed by atoms with van der Waals surface area (Å²) < 4.78 is 10.8. The summed E-state index contributed by atoms with van der Waals surface area (Å²) in [7, 11) is 0. The van der Waals surface area contributed by atoms with E-state index in [2.05, 4.69) is 14.9 Å². The van der Waals surface area contributed by atoms with Crippen molar-refractivity contribution in [1.29, 1.82) is 0 Å². The summed E-state index contributed by atoms with van der Waals surface area (Å²) in [6.07, 6.45) is 4.87. The molecule has 1 aromatic carbocycles. The van der Waals surface area contributed by atoms with Crippen LogP contribution in [0.4, 0.5) is 5.82 Å². The molecule has 7 heteroatoms. The zero-order valence-electron chi connectivity index (χ0n) is 12.3. The highest BCUT2D eigenvalue weighted by Gasteiger charge is 2.29. The Morgan fingerprint density at radius 1 is 1.22 bits per heavy atom. The molecule has 23 heavy (non-hydrogen) atoms. The summed E-state index contributed by atoms with van der Waals surface area (Å²) in [6, 6.07) is 6.14. The summed E-state index contributed by atoms with van der Waals surface area (Å²) >= 11 is 0. The van der Waals surface area contributed by atoms with Crippen molar-refractivity contribution >= 4 is 11.8 Å². The van der Waals surface area contributed by atoms with Crippen molar-refractivity contribution < 1.29 is 19.4 Å². The third-order valence-corrected chi connectivity index (χ3v) is 4.19. The van der Waals surface area contributed by atoms with Crippen LogP contribution in [0.5, 0.6) is 11.5 Å². The molecular formula is C16H15N3O4. The Bertz CT molecular complexity index is 747. The topological polar surface area (TPSA) is 84.8 Å². The molecule has 0 saturated carbocycles. The van der Waals surface area contributed by atoms with Gasteiger partial charge in [-0.25, -0.2) is 14.8 Å². The van der Waals surface area contributed by atoms with Crippen LogP contribution in [0.2, 0.25) is 0 Å². The second-order valence-corrected chi connectivity index (χ2v) is 5.53. The Morgan fingerprint density at radius 3 is 2.87 bits per heavy atom. The van der Waals surface area contributed by atoms with Gasteiger partial charge in [0.2, 0.25) is 6.79 Å². The van der Waals surface area contributed by atoms with E-state index >= 15 is 0 Å². The van der Waals surface area contributed by atoms with Crippen LogP contribution < -0.4 is 14.4 Å². The standard InChI is InChI=1S/C16H15N3O4/c20-16(21)11-7-18-15(8-17-11)19-5-1-2-12(19)10-3-4-13-14(6-10)23-9-22-13/h3-4,6-8,12H,1-2,5,9H2,(H,20,21). The second-order valence-electron chi connectivity index (χ2n) is 5.53. The number of ether oxygens (including phenoxy) is 2. The van der Waals surface area contributed by atoms with Crippen molar-refractivity contribution in [3.8, 4) is 11.5 Å². The van der Waals surface area contributed by atoms with E-state index < -0.39 is 5.97 Å². The third-order valence-electron chi connectivity index (χ3n) is 4.19. The molecular weight excluding hydrogens is 298 g/mol. The number of benzene rings is 1. The SMILES string of the molecule is O=C(O)c1cnc(N2CCCC2c2ccc3c(c2)OCO3)cn1. The van der Waals surface area contributed by atoms with E-state index in [0.717, 1.165) is 36.4 Å². The first-order valence-electron chi connectivity index (χ1n) is 7.44. The zero-order chi connectivity index (χ0) is 15.8. The van der Waals surface area contributed by atoms with Gasteiger partial charge in [0.15, 0.2) is 17.2 Å². The molecule has 0 aliphatic carbocycles. The van der Waals surface area contributed by atoms with Crippen LogP contribution in [0.25, 0.3) is 0 Å². The monoisotopic (exact) mass is 313 g/mol. The molecule has 2 aliphatic heterocycles. The molecule has 7 nitrogen and oxygen atoms in total. The van der Waals surface area contributed by atoms with Gasteiger partial charge in [0.25, 0.3) is 0 Å². The first-order valence-corrected chi connectivity index (χ1v) is 7.44. The number of rotatable bonds is 3. The normalized spacial score (nSPS) is 19.1. The van der Waals surface area contributed by atoms with Gasteiger partial charge in [0.1, 0.15) is 5.82 Å². The van der Waals surface area contributed by atoms with Gasteiger partial charge >= 0.3 is 5.97 Å². The van der Waals surface area contributed by atoms with E-state index in [1.807, 2.05) is 18.2 Å². The lowest BCUT2D eigenvalue weighted by molar-refractivity contribution is 0.0690. The number of fused-ring (bicyclic) bond motifs is 1. The Kier molecular flexibility index (Phi) is 3.25. The first-order chi connectivity index (χ1) is 11.2. The molecule has 1 unspecified atom stereocenters. The van der Waals surface area contributed by atoms with E-state index in [9.17, 15) is 4.79 Å². The Balaban J connectivity index is 1.62. The molecule has 1 saturated heterocycles. The van der Waals surface area contributed by atoms with E-state index in [0.29, 0.717) is 5.82 Å². The van der Waals surface area contributed by atoms with Crippen molar-refractivity contribution in [3.63, 3.8) is 0 Å². The second kappa shape index (κ2) is 5.42. The minimum absolute atomic E-state index is 0.0485. The van der Waals surface area contributed by atoms with Crippen molar-refractivity contribution in [2.75, 3.05) is 18.2 Å². The number of aromatic carboxylic acids is 1. The molecule has 0 radical (unpaired) electrons. The van der Waals surface area contributed by atoms with Crippen LogP contribution in [-0.4, -0.2) is 34.4 Å². The number of aromatic nitrogens is 2. The maximum absolute atomic E-state index is 10.9. The Labute approximate surface area is 132 Å². The highest BCUT2D eigenvalue weighted by atomic mass is 16.7. The number of carboxylic acid groups (broad SMARTS) is 1. The summed E-state index contributed by atoms with van der Waals surface area (Å²) in [5.74, 6) is 1.15. The Morgan fingerprint density at radius 2 is 2.09 bits per heavy atom. The molecule has 0 spiro atoms. The minimum Gasteiger partial charge on any atom is -0.476 e. The predicted molar refractivity (Wildman–Crippen MR) is 80.9 cm³/mol. The van der Waals surface area contributed by atoms with Crippen molar-refractivity contribution in [1.82, 2.24) is 9.97 Å². The van der Waals surface area contributed by atoms with Gasteiger partial charge in [-0.15, -0.1) is 0 Å². The molecule has 2 aliphatic rings. The van der Waals surface area contributed by atoms with Gasteiger partial charge < -0.3 is 19.5 Å². The van der Waals surface area contributed by atoms with Gasteiger partial charge in [-0.1, -0.05) is 6.07 Å². The highest BCUT2D eigenvalue weighted by Crippen LogP contribution is 2.40. The van der Waals surface area contributed by atoms with Crippen molar-refractivity contribution in [3.05, 3.63) is 41.9 Å². The van der Waals surface area contributed by atoms with E-state index in [-0.39, 0.29) is 18.5 Å². The quantitative estimate of drug-likeness (QED) is 0.930. The number of nitrogens with zero attached hydrogens (tertiary/aromatic N) is 3. The van der Waals surface area contributed by atoms with Gasteiger partial charge in [0, 0.05) is 6.54 Å². The zero-order valence-corrected chi connectivity index (χ0v) is 12.3. The fourth-order valence-electron chi connectivity index (χ4n) is 3.09. The summed E-state index contributed by atoms with van der Waals surface area (Å²) in [5, 5.41) is 8.92. The molecule has 1 aromatic heterocycles. The number of hydrogen-bond acceptors (Lipinski definition) is 6. The van der Waals surface area contributed by atoms with Gasteiger partial charge in [0.05, 0.1) is 18.4 Å². The maximum Gasteiger partial charge on any atom is 0.356 e. The highest BCUT2D eigenvalue weighted by molar-refractivity contribution is 5.84. The smallest absolute Gasteiger partial charge is 0.356 e. The molecule has 4 rings (SSSR count). The predicted octanol–water partition coefficient (Wildman–Crippen LogP) is 2.25. The molecule has 1 fully saturated rings. The van der Waals surface area contributed by atoms with Crippen LogP contribution in [0.1, 0.15) is 34.9 Å². The van der Waals surface area contributed by atoms with Crippen LogP contribution in [0.15, 0.2) is 30.6 Å². The van der Waals surface area contributed by atoms with Gasteiger partial charge in [-0.2, -0.15) is 0 Å². The third kappa shape index (κ3) is 2.44. The molecule has 0 amide bonds. The van der Waals surface area contributed by atoms with Crippen molar-refractivity contribution in [2.45, 2.75) is 18.9 Å². The summed E-state index contributed by atoms with van der Waals surface area (Å²) in [5.41, 5.74) is 1.09. The fraction of sp³-hybridized carbons (Fsp3) is 0.312. The van der Waals surface area contributed by atoms with E-state index in [1.165, 1.54) is 12.4 Å². The Hall–Kier alpha value is -2.83. The number of carboxylic acids is 1. The summed E-state index contributed by atoms with van der Waals surface area (Å²) in [4.78, 5) is 21.3. The van der Waals surface area contributed by atoms with Crippen LogP contribution >= 0.6 is 0 Å². The van der Waals surface area contributed by atoms with Gasteiger partial charge in [-0.3, -0.25) is 0 Å². The lowest BCUT2D eigenvalue weighted by Gasteiger charge is -2.26. The number of anilines is 1. The average Bonchev–Trinajstić information content (AvgIpc) is 3.23. The molecule has 118 valence electrons. The number of carbonyl (C=O) groups is 1. The van der Waals surface area contributed by atoms with Gasteiger partial charge in [-0.05, 0) is 30.5 Å². The van der Waals surface area contributed by atoms with Crippen molar-refractivity contribution in [2.24, 2.45) is 0 Å². The minimum atomic E-state index is -1.07. The van der Waals surface area contributed by atoms with Crippen LogP contribution in [0.3, 0.4) is 0 Å². The molecule has 3 heterocycles. The molecule has 0 bridgehead atoms. The first kappa shape index (κ1) is 13.8. The van der Waals surface area contributed by atoms with Crippen LogP contribution in [-0.2, 0) is 0 Å². The van der Waals surface area contributed by atoms with E-state index in [1.54, 1.807) is 0 Å². The largest absolute Gasteiger partial charge is 0.476 e. The molecule has 1 N–H and O–H groups in total. The molecule has 2 aromatic rings. The lowest BCUT2D eigenvalue weighted by Crippen LogP contribution is -2.24. The van der Waals surface area contributed by atoms with E-state index in [4.69, 9.17) is 14.6 Å². The average molecular weight is 313 g/mol. The number of hydrogen-bond donors (Lipinski definition) is 1.